The molecule has 1 aliphatic rings. The summed E-state index contributed by atoms with van der Waals surface area (Å²) in [6.07, 6.45) is 0. The van der Waals surface area contributed by atoms with E-state index in [1.54, 1.807) is 0 Å². The van der Waals surface area contributed by atoms with Crippen LogP contribution in [0.3, 0.4) is 0 Å². The summed E-state index contributed by atoms with van der Waals surface area (Å²) in [5.74, 6) is 0. The van der Waals surface area contributed by atoms with E-state index in [1.165, 1.54) is 22.1 Å². The maximum Gasteiger partial charge on any atom is 0.0909 e. The number of hydrogen-bond donors (Lipinski definition) is 0. The molecule has 2 aromatic carbocycles. The molecule has 0 atom stereocenters. The van der Waals surface area contributed by atoms with Gasteiger partial charge >= 0.3 is 0 Å². The summed E-state index contributed by atoms with van der Waals surface area (Å²) in [6.45, 7) is 10.1. The lowest BCUT2D eigenvalue weighted by Gasteiger charge is -2.27. The lowest BCUT2D eigenvalue weighted by atomic mass is 10.1. The minimum absolute atomic E-state index is 0.531. The van der Waals surface area contributed by atoms with Crippen LogP contribution in [0.15, 0.2) is 36.4 Å². The van der Waals surface area contributed by atoms with Gasteiger partial charge in [-0.3, -0.25) is 0 Å². The molecule has 100 valence electrons. The Morgan fingerprint density at radius 3 is 1.58 bits per heavy atom. The number of fused-ring (bicyclic) bond motifs is 2. The maximum atomic E-state index is 2.49. The fourth-order valence-corrected chi connectivity index (χ4v) is 2.88. The average Bonchev–Trinajstić information content (AvgIpc) is 2.74. The molecule has 1 aliphatic heterocycles. The Kier molecular flexibility index (Phi) is 2.89. The van der Waals surface area contributed by atoms with Gasteiger partial charge in [0.15, 0.2) is 0 Å². The van der Waals surface area contributed by atoms with Crippen LogP contribution in [-0.4, -0.2) is 18.8 Å². The predicted molar refractivity (Wildman–Crippen MR) is 84.0 cm³/mol. The minimum atomic E-state index is 0.531. The van der Waals surface area contributed by atoms with E-state index in [2.05, 4.69) is 73.9 Å². The Morgan fingerprint density at radius 2 is 1.21 bits per heavy atom. The van der Waals surface area contributed by atoms with Crippen LogP contribution >= 0.6 is 0 Å². The molecule has 0 amide bonds. The van der Waals surface area contributed by atoms with Gasteiger partial charge in [0.1, 0.15) is 0 Å². The highest BCUT2D eigenvalue weighted by Crippen LogP contribution is 2.41. The second-order valence-electron chi connectivity index (χ2n) is 5.96. The number of benzene rings is 2. The third-order valence-electron chi connectivity index (χ3n) is 4.01. The molecular weight excluding hydrogens is 232 g/mol. The molecule has 0 spiro atoms. The van der Waals surface area contributed by atoms with Gasteiger partial charge in [0.05, 0.1) is 18.0 Å². The molecule has 0 saturated heterocycles. The molecule has 2 aromatic rings. The normalized spacial score (nSPS) is 14.8. The molecule has 0 aliphatic carbocycles. The van der Waals surface area contributed by atoms with Gasteiger partial charge in [-0.25, -0.2) is 0 Å². The van der Waals surface area contributed by atoms with E-state index in [4.69, 9.17) is 0 Å². The van der Waals surface area contributed by atoms with E-state index in [1.807, 2.05) is 0 Å². The van der Waals surface area contributed by atoms with E-state index in [9.17, 15) is 0 Å². The van der Waals surface area contributed by atoms with Crippen molar-refractivity contribution in [1.82, 2.24) is 0 Å². The zero-order valence-electron chi connectivity index (χ0n) is 12.2. The van der Waals surface area contributed by atoms with Gasteiger partial charge < -0.3 is 9.80 Å². The monoisotopic (exact) mass is 254 g/mol. The van der Waals surface area contributed by atoms with E-state index in [0.29, 0.717) is 12.1 Å². The van der Waals surface area contributed by atoms with Crippen LogP contribution in [0.4, 0.5) is 11.4 Å². The van der Waals surface area contributed by atoms with Crippen molar-refractivity contribution in [3.8, 4) is 0 Å². The molecule has 0 saturated carbocycles. The summed E-state index contributed by atoms with van der Waals surface area (Å²) in [5.41, 5.74) is 2.75. The largest absolute Gasteiger partial charge is 0.350 e. The number of rotatable bonds is 2. The van der Waals surface area contributed by atoms with Crippen LogP contribution in [-0.2, 0) is 0 Å². The molecule has 19 heavy (non-hydrogen) atoms. The van der Waals surface area contributed by atoms with Gasteiger partial charge in [0, 0.05) is 12.1 Å². The Bertz CT molecular complexity index is 549. The topological polar surface area (TPSA) is 6.48 Å². The molecule has 0 unspecified atom stereocenters. The molecule has 0 N–H and O–H groups in total. The predicted octanol–water partition coefficient (Wildman–Crippen LogP) is 4.24. The lowest BCUT2D eigenvalue weighted by Crippen LogP contribution is -2.38. The summed E-state index contributed by atoms with van der Waals surface area (Å²) < 4.78 is 0. The summed E-state index contributed by atoms with van der Waals surface area (Å²) >= 11 is 0. The third kappa shape index (κ3) is 1.95. The number of anilines is 2. The van der Waals surface area contributed by atoms with Crippen molar-refractivity contribution in [2.45, 2.75) is 39.8 Å². The van der Waals surface area contributed by atoms with E-state index in [0.717, 1.165) is 6.67 Å². The second-order valence-corrected chi connectivity index (χ2v) is 5.96. The Morgan fingerprint density at radius 1 is 0.789 bits per heavy atom. The molecule has 0 radical (unpaired) electrons. The van der Waals surface area contributed by atoms with Crippen LogP contribution in [0.25, 0.3) is 10.8 Å². The van der Waals surface area contributed by atoms with Crippen molar-refractivity contribution >= 4 is 22.1 Å². The molecule has 3 rings (SSSR count). The van der Waals surface area contributed by atoms with Gasteiger partial charge in [-0.15, -0.1) is 0 Å². The van der Waals surface area contributed by atoms with Crippen molar-refractivity contribution in [3.63, 3.8) is 0 Å². The summed E-state index contributed by atoms with van der Waals surface area (Å²) in [6, 6.07) is 14.4. The first-order chi connectivity index (χ1) is 9.08. The van der Waals surface area contributed by atoms with Gasteiger partial charge in [0.2, 0.25) is 0 Å². The van der Waals surface area contributed by atoms with Crippen LogP contribution < -0.4 is 9.80 Å². The van der Waals surface area contributed by atoms with Crippen molar-refractivity contribution in [2.24, 2.45) is 0 Å². The molecule has 0 fully saturated rings. The zero-order chi connectivity index (χ0) is 13.6. The van der Waals surface area contributed by atoms with Crippen molar-refractivity contribution < 1.29 is 0 Å². The fraction of sp³-hybridized carbons (Fsp3) is 0.412. The van der Waals surface area contributed by atoms with Gasteiger partial charge in [-0.2, -0.15) is 0 Å². The van der Waals surface area contributed by atoms with Gasteiger partial charge in [-0.1, -0.05) is 24.3 Å². The fourth-order valence-electron chi connectivity index (χ4n) is 2.88. The SMILES string of the molecule is CC(C)N1CN(C(C)C)c2cc3ccccc3cc21. The van der Waals surface area contributed by atoms with E-state index in [-0.39, 0.29) is 0 Å². The Hall–Kier alpha value is -1.70. The van der Waals surface area contributed by atoms with Crippen molar-refractivity contribution in [3.05, 3.63) is 36.4 Å². The van der Waals surface area contributed by atoms with Crippen LogP contribution in [0, 0.1) is 0 Å². The van der Waals surface area contributed by atoms with E-state index >= 15 is 0 Å². The minimum Gasteiger partial charge on any atom is -0.350 e. The Balaban J connectivity index is 2.19. The standard InChI is InChI=1S/C17H22N2/c1-12(2)18-11-19(13(3)4)17-10-15-8-6-5-7-14(15)9-16(17)18/h5-10,12-13H,11H2,1-4H3. The first-order valence-electron chi connectivity index (χ1n) is 7.14. The summed E-state index contributed by atoms with van der Waals surface area (Å²) in [7, 11) is 0. The molecular formula is C17H22N2. The van der Waals surface area contributed by atoms with Crippen LogP contribution in [0.2, 0.25) is 0 Å². The van der Waals surface area contributed by atoms with Gasteiger partial charge in [-0.05, 0) is 50.6 Å². The smallest absolute Gasteiger partial charge is 0.0909 e. The highest BCUT2D eigenvalue weighted by atomic mass is 15.4. The highest BCUT2D eigenvalue weighted by molar-refractivity contribution is 5.94. The lowest BCUT2D eigenvalue weighted by molar-refractivity contribution is 0.641. The summed E-state index contributed by atoms with van der Waals surface area (Å²) in [5, 5.41) is 2.66. The number of hydrogen-bond acceptors (Lipinski definition) is 2. The first kappa shape index (κ1) is 12.3. The van der Waals surface area contributed by atoms with E-state index < -0.39 is 0 Å². The highest BCUT2D eigenvalue weighted by Gasteiger charge is 2.29. The molecule has 2 nitrogen and oxygen atoms in total. The molecule has 2 heteroatoms. The van der Waals surface area contributed by atoms with Crippen LogP contribution in [0.5, 0.6) is 0 Å². The zero-order valence-corrected chi connectivity index (χ0v) is 12.2. The van der Waals surface area contributed by atoms with Crippen molar-refractivity contribution in [1.29, 1.82) is 0 Å². The van der Waals surface area contributed by atoms with Gasteiger partial charge in [0.25, 0.3) is 0 Å². The van der Waals surface area contributed by atoms with Crippen molar-refractivity contribution in [2.75, 3.05) is 16.5 Å². The molecule has 1 heterocycles. The van der Waals surface area contributed by atoms with Crippen LogP contribution in [0.1, 0.15) is 27.7 Å². The number of nitrogens with zero attached hydrogens (tertiary/aromatic N) is 2. The molecule has 0 bridgehead atoms. The Labute approximate surface area is 115 Å². The third-order valence-corrected chi connectivity index (χ3v) is 4.01. The first-order valence-corrected chi connectivity index (χ1v) is 7.14. The summed E-state index contributed by atoms with van der Waals surface area (Å²) in [4.78, 5) is 4.98. The second kappa shape index (κ2) is 4.44. The molecule has 0 aromatic heterocycles. The quantitative estimate of drug-likeness (QED) is 0.791. The maximum absolute atomic E-state index is 2.49. The average molecular weight is 254 g/mol.